The van der Waals surface area contributed by atoms with Crippen LogP contribution in [0.25, 0.3) is 11.3 Å². The molecule has 0 aliphatic heterocycles. The number of hydrogen-bond acceptors (Lipinski definition) is 3. The molecule has 0 fully saturated rings. The van der Waals surface area contributed by atoms with E-state index in [4.69, 9.17) is 16.3 Å². The molecular weight excluding hydrogens is 374 g/mol. The lowest BCUT2D eigenvalue weighted by Crippen LogP contribution is -2.06. The Morgan fingerprint density at radius 3 is 2.59 bits per heavy atom. The van der Waals surface area contributed by atoms with Crippen LogP contribution in [0.4, 0.5) is 8.78 Å². The van der Waals surface area contributed by atoms with Crippen molar-refractivity contribution in [2.45, 2.75) is 6.92 Å². The van der Waals surface area contributed by atoms with Gasteiger partial charge in [-0.2, -0.15) is 0 Å². The van der Waals surface area contributed by atoms with Crippen LogP contribution in [-0.2, 0) is 4.74 Å². The zero-order valence-electron chi connectivity index (χ0n) is 14.1. The lowest BCUT2D eigenvalue weighted by atomic mass is 10.1. The second-order valence-corrected chi connectivity index (χ2v) is 5.79. The van der Waals surface area contributed by atoms with Gasteiger partial charge in [-0.3, -0.25) is 0 Å². The van der Waals surface area contributed by atoms with E-state index in [2.05, 4.69) is 21.8 Å². The average Bonchev–Trinajstić information content (AvgIpc) is 3.06. The molecule has 0 spiro atoms. The van der Waals surface area contributed by atoms with E-state index >= 15 is 0 Å². The summed E-state index contributed by atoms with van der Waals surface area (Å²) >= 11 is 5.95. The van der Waals surface area contributed by atoms with Gasteiger partial charge in [-0.05, 0) is 49.2 Å². The Bertz CT molecular complexity index is 1030. The van der Waals surface area contributed by atoms with Crippen LogP contribution in [0.5, 0.6) is 0 Å². The Morgan fingerprint density at radius 2 is 1.93 bits per heavy atom. The summed E-state index contributed by atoms with van der Waals surface area (Å²) in [6.07, 6.45) is 0. The number of halogens is 3. The zero-order chi connectivity index (χ0) is 19.4. The highest BCUT2D eigenvalue weighted by molar-refractivity contribution is 6.31. The number of esters is 1. The molecule has 2 aromatic carbocycles. The number of H-pyrrole nitrogens is 1. The second-order valence-electron chi connectivity index (χ2n) is 5.38. The molecular formula is C20H13ClF2N2O2. The van der Waals surface area contributed by atoms with Crippen LogP contribution < -0.4 is 0 Å². The first-order chi connectivity index (χ1) is 13.0. The van der Waals surface area contributed by atoms with Gasteiger partial charge in [0.25, 0.3) is 0 Å². The summed E-state index contributed by atoms with van der Waals surface area (Å²) < 4.78 is 32.0. The Morgan fingerprint density at radius 1 is 1.19 bits per heavy atom. The molecule has 0 aliphatic rings. The van der Waals surface area contributed by atoms with E-state index in [1.165, 1.54) is 42.5 Å². The fourth-order valence-corrected chi connectivity index (χ4v) is 2.55. The first-order valence-corrected chi connectivity index (χ1v) is 8.36. The molecule has 1 N–H and O–H groups in total. The first-order valence-electron chi connectivity index (χ1n) is 7.98. The van der Waals surface area contributed by atoms with Gasteiger partial charge in [0.2, 0.25) is 0 Å². The van der Waals surface area contributed by atoms with E-state index in [9.17, 15) is 13.6 Å². The van der Waals surface area contributed by atoms with E-state index in [0.717, 1.165) is 0 Å². The maximum atomic E-state index is 13.8. The number of benzene rings is 2. The minimum Gasteiger partial charge on any atom is -0.461 e. The van der Waals surface area contributed by atoms with Gasteiger partial charge in [-0.1, -0.05) is 23.6 Å². The van der Waals surface area contributed by atoms with E-state index in [1.54, 1.807) is 6.92 Å². The molecule has 4 nitrogen and oxygen atoms in total. The fraction of sp³-hybridized carbons (Fsp3) is 0.100. The van der Waals surface area contributed by atoms with Gasteiger partial charge in [0.05, 0.1) is 17.2 Å². The van der Waals surface area contributed by atoms with Gasteiger partial charge in [0.15, 0.2) is 11.5 Å². The molecule has 7 heteroatoms. The third-order valence-corrected chi connectivity index (χ3v) is 3.88. The molecule has 1 aromatic heterocycles. The van der Waals surface area contributed by atoms with E-state index in [0.29, 0.717) is 5.56 Å². The van der Waals surface area contributed by atoms with E-state index < -0.39 is 17.6 Å². The van der Waals surface area contributed by atoms with Crippen molar-refractivity contribution in [3.63, 3.8) is 0 Å². The molecule has 1 heterocycles. The highest BCUT2D eigenvalue weighted by atomic mass is 35.5. The Hall–Kier alpha value is -3.17. The lowest BCUT2D eigenvalue weighted by Gasteiger charge is -2.02. The summed E-state index contributed by atoms with van der Waals surface area (Å²) in [7, 11) is 0. The molecule has 0 radical (unpaired) electrons. The van der Waals surface area contributed by atoms with Gasteiger partial charge in [0, 0.05) is 5.56 Å². The van der Waals surface area contributed by atoms with Crippen molar-refractivity contribution in [2.75, 3.05) is 6.61 Å². The number of hydrogen-bond donors (Lipinski definition) is 1. The molecule has 0 unspecified atom stereocenters. The van der Waals surface area contributed by atoms with Gasteiger partial charge in [0.1, 0.15) is 17.3 Å². The summed E-state index contributed by atoms with van der Waals surface area (Å²) in [5, 5.41) is 0.165. The van der Waals surface area contributed by atoms with Gasteiger partial charge in [-0.15, -0.1) is 0 Å². The minimum atomic E-state index is -0.624. The van der Waals surface area contributed by atoms with Crippen molar-refractivity contribution in [3.8, 4) is 23.1 Å². The van der Waals surface area contributed by atoms with Gasteiger partial charge in [-0.25, -0.2) is 18.6 Å². The normalized spacial score (nSPS) is 10.2. The third-order valence-electron chi connectivity index (χ3n) is 3.57. The number of ether oxygens (including phenoxy) is 1. The quantitative estimate of drug-likeness (QED) is 0.529. The number of carbonyl (C=O) groups is 1. The fourth-order valence-electron chi connectivity index (χ4n) is 2.34. The highest BCUT2D eigenvalue weighted by Crippen LogP contribution is 2.23. The molecule has 3 rings (SSSR count). The van der Waals surface area contributed by atoms with Crippen molar-refractivity contribution in [1.29, 1.82) is 0 Å². The van der Waals surface area contributed by atoms with E-state index in [-0.39, 0.29) is 34.4 Å². The summed E-state index contributed by atoms with van der Waals surface area (Å²) in [4.78, 5) is 19.2. The first kappa shape index (κ1) is 18.6. The van der Waals surface area contributed by atoms with Crippen molar-refractivity contribution >= 4 is 17.6 Å². The average molecular weight is 387 g/mol. The predicted octanol–water partition coefficient (Wildman–Crippen LogP) is 4.58. The van der Waals surface area contributed by atoms with E-state index in [1.807, 2.05) is 0 Å². The van der Waals surface area contributed by atoms with Crippen LogP contribution in [0, 0.1) is 23.5 Å². The molecule has 0 bridgehead atoms. The van der Waals surface area contributed by atoms with Crippen LogP contribution in [0.1, 0.15) is 28.8 Å². The SMILES string of the molecule is CCOC(=O)c1[nH]c(C#Cc2c(F)cccc2Cl)nc1-c1ccc(F)cc1. The van der Waals surface area contributed by atoms with Crippen molar-refractivity contribution in [3.05, 3.63) is 76.2 Å². The third kappa shape index (κ3) is 4.15. The van der Waals surface area contributed by atoms with Crippen LogP contribution in [0.15, 0.2) is 42.5 Å². The summed E-state index contributed by atoms with van der Waals surface area (Å²) in [5.41, 5.74) is 0.869. The number of aromatic amines is 1. The number of aromatic nitrogens is 2. The van der Waals surface area contributed by atoms with Crippen LogP contribution in [0.2, 0.25) is 5.02 Å². The van der Waals surface area contributed by atoms with Crippen molar-refractivity contribution in [1.82, 2.24) is 9.97 Å². The number of carbonyl (C=O) groups excluding carboxylic acids is 1. The van der Waals surface area contributed by atoms with Crippen LogP contribution in [0.3, 0.4) is 0 Å². The van der Waals surface area contributed by atoms with Crippen LogP contribution >= 0.6 is 11.6 Å². The maximum Gasteiger partial charge on any atom is 0.357 e. The highest BCUT2D eigenvalue weighted by Gasteiger charge is 2.19. The monoisotopic (exact) mass is 386 g/mol. The molecule has 136 valence electrons. The van der Waals surface area contributed by atoms with Crippen molar-refractivity contribution in [2.24, 2.45) is 0 Å². The molecule has 0 saturated carbocycles. The van der Waals surface area contributed by atoms with Crippen molar-refractivity contribution < 1.29 is 18.3 Å². The molecule has 0 aliphatic carbocycles. The Balaban J connectivity index is 2.05. The Labute approximate surface area is 159 Å². The molecule has 3 aromatic rings. The Kier molecular flexibility index (Phi) is 5.53. The molecule has 27 heavy (non-hydrogen) atoms. The zero-order valence-corrected chi connectivity index (χ0v) is 14.9. The number of rotatable bonds is 3. The summed E-state index contributed by atoms with van der Waals surface area (Å²) in [5.74, 6) is 3.78. The number of imidazole rings is 1. The van der Waals surface area contributed by atoms with Crippen LogP contribution in [-0.4, -0.2) is 22.5 Å². The molecule has 0 atom stereocenters. The summed E-state index contributed by atoms with van der Waals surface area (Å²) in [6, 6.07) is 9.71. The maximum absolute atomic E-state index is 13.8. The second kappa shape index (κ2) is 8.02. The lowest BCUT2D eigenvalue weighted by molar-refractivity contribution is 0.0521. The summed E-state index contributed by atoms with van der Waals surface area (Å²) in [6.45, 7) is 1.85. The predicted molar refractivity (Wildman–Crippen MR) is 97.3 cm³/mol. The number of nitrogens with zero attached hydrogens (tertiary/aromatic N) is 1. The topological polar surface area (TPSA) is 55.0 Å². The largest absolute Gasteiger partial charge is 0.461 e. The minimum absolute atomic E-state index is 0.0246. The smallest absolute Gasteiger partial charge is 0.357 e. The standard InChI is InChI=1S/C20H13ClF2N2O2/c1-2-27-20(26)19-18(12-6-8-13(22)9-7-12)24-17(25-19)11-10-14-15(21)4-3-5-16(14)23/h3-9H,2H2,1H3,(H,24,25). The van der Waals surface area contributed by atoms with Gasteiger partial charge < -0.3 is 9.72 Å². The van der Waals surface area contributed by atoms with Gasteiger partial charge >= 0.3 is 5.97 Å². The number of nitrogens with one attached hydrogen (secondary N) is 1. The molecule has 0 saturated heterocycles. The molecule has 0 amide bonds.